The smallest absolute Gasteiger partial charge is 0.338 e. The van der Waals surface area contributed by atoms with Gasteiger partial charge >= 0.3 is 5.97 Å². The first-order valence-corrected chi connectivity index (χ1v) is 6.10. The lowest BCUT2D eigenvalue weighted by Crippen LogP contribution is -2.26. The van der Waals surface area contributed by atoms with Gasteiger partial charge in [-0.05, 0) is 31.2 Å². The number of nitrogens with one attached hydrogen (secondary N) is 1. The van der Waals surface area contributed by atoms with E-state index in [9.17, 15) is 4.79 Å². The van der Waals surface area contributed by atoms with E-state index in [4.69, 9.17) is 9.84 Å². The second kappa shape index (κ2) is 6.40. The lowest BCUT2D eigenvalue weighted by Gasteiger charge is -2.22. The number of carbonyl (C=O) groups excluding carboxylic acids is 1. The molecule has 0 aliphatic rings. The summed E-state index contributed by atoms with van der Waals surface area (Å²) in [4.78, 5) is 11.4. The number of hydrogen-bond donors (Lipinski definition) is 2. The fourth-order valence-corrected chi connectivity index (χ4v) is 1.34. The number of rotatable bonds is 6. The number of aliphatic hydroxyl groups is 1. The summed E-state index contributed by atoms with van der Waals surface area (Å²) in [6.45, 7) is 6.91. The van der Waals surface area contributed by atoms with Gasteiger partial charge in [-0.1, -0.05) is 13.8 Å². The number of hydrogen-bond acceptors (Lipinski definition) is 4. The molecule has 0 atom stereocenters. The Bertz CT molecular complexity index is 385. The summed E-state index contributed by atoms with van der Waals surface area (Å²) in [7, 11) is 0. The number of esters is 1. The summed E-state index contributed by atoms with van der Waals surface area (Å²) >= 11 is 0. The van der Waals surface area contributed by atoms with E-state index < -0.39 is 0 Å². The third kappa shape index (κ3) is 4.37. The molecule has 0 saturated heterocycles. The first-order valence-electron chi connectivity index (χ1n) is 6.10. The minimum atomic E-state index is -0.306. The van der Waals surface area contributed by atoms with E-state index in [1.165, 1.54) is 0 Å². The van der Waals surface area contributed by atoms with Gasteiger partial charge in [0, 0.05) is 24.3 Å². The summed E-state index contributed by atoms with van der Waals surface area (Å²) in [5.74, 6) is -0.306. The molecule has 18 heavy (non-hydrogen) atoms. The Balaban J connectivity index is 2.58. The summed E-state index contributed by atoms with van der Waals surface area (Å²) in [6, 6.07) is 7.12. The van der Waals surface area contributed by atoms with Gasteiger partial charge in [0.2, 0.25) is 0 Å². The summed E-state index contributed by atoms with van der Waals surface area (Å²) in [5.41, 5.74) is 1.30. The minimum absolute atomic E-state index is 0.126. The van der Waals surface area contributed by atoms with Gasteiger partial charge in [0.1, 0.15) is 0 Å². The van der Waals surface area contributed by atoms with E-state index in [0.29, 0.717) is 18.7 Å². The molecule has 4 nitrogen and oxygen atoms in total. The van der Waals surface area contributed by atoms with Crippen molar-refractivity contribution in [1.29, 1.82) is 0 Å². The van der Waals surface area contributed by atoms with Crippen LogP contribution in [0.2, 0.25) is 0 Å². The number of ether oxygens (including phenoxy) is 1. The Morgan fingerprint density at radius 2 is 1.94 bits per heavy atom. The predicted octanol–water partition coefficient (Wildman–Crippen LogP) is 2.29. The van der Waals surface area contributed by atoms with Crippen molar-refractivity contribution in [1.82, 2.24) is 0 Å². The Kier molecular flexibility index (Phi) is 5.16. The molecule has 0 aromatic heterocycles. The molecule has 0 amide bonds. The maximum atomic E-state index is 11.4. The highest BCUT2D eigenvalue weighted by molar-refractivity contribution is 5.89. The second-order valence-corrected chi connectivity index (χ2v) is 4.97. The highest BCUT2D eigenvalue weighted by atomic mass is 16.5. The quantitative estimate of drug-likeness (QED) is 0.762. The Morgan fingerprint density at radius 1 is 1.33 bits per heavy atom. The van der Waals surface area contributed by atoms with E-state index in [2.05, 4.69) is 5.32 Å². The number of aliphatic hydroxyl groups excluding tert-OH is 1. The molecule has 4 heteroatoms. The minimum Gasteiger partial charge on any atom is -0.462 e. The van der Waals surface area contributed by atoms with Crippen LogP contribution in [0.1, 0.15) is 31.1 Å². The molecule has 2 N–H and O–H groups in total. The van der Waals surface area contributed by atoms with E-state index >= 15 is 0 Å². The molecule has 0 fully saturated rings. The third-order valence-electron chi connectivity index (χ3n) is 2.60. The van der Waals surface area contributed by atoms with Gasteiger partial charge in [0.05, 0.1) is 12.2 Å². The zero-order chi connectivity index (χ0) is 13.6. The van der Waals surface area contributed by atoms with Crippen molar-refractivity contribution in [2.75, 3.05) is 25.1 Å². The molecule has 0 bridgehead atoms. The van der Waals surface area contributed by atoms with Crippen LogP contribution >= 0.6 is 0 Å². The molecular weight excluding hydrogens is 230 g/mol. The van der Waals surface area contributed by atoms with Crippen LogP contribution in [0, 0.1) is 5.41 Å². The molecule has 1 rings (SSSR count). The van der Waals surface area contributed by atoms with Crippen LogP contribution in [0.25, 0.3) is 0 Å². The Labute approximate surface area is 108 Å². The SMILES string of the molecule is CCOC(=O)c1ccc(NCC(C)(C)CO)cc1. The van der Waals surface area contributed by atoms with Crippen LogP contribution < -0.4 is 5.32 Å². The average Bonchev–Trinajstić information content (AvgIpc) is 2.37. The van der Waals surface area contributed by atoms with Crippen LogP contribution in [0.4, 0.5) is 5.69 Å². The molecule has 0 saturated carbocycles. The molecule has 0 spiro atoms. The van der Waals surface area contributed by atoms with Gasteiger partial charge in [-0.15, -0.1) is 0 Å². The van der Waals surface area contributed by atoms with Crippen molar-refractivity contribution in [2.24, 2.45) is 5.41 Å². The molecule has 0 unspecified atom stereocenters. The van der Waals surface area contributed by atoms with Crippen molar-refractivity contribution >= 4 is 11.7 Å². The lowest BCUT2D eigenvalue weighted by atomic mass is 9.95. The molecule has 1 aromatic carbocycles. The molecule has 0 aliphatic heterocycles. The van der Waals surface area contributed by atoms with E-state index in [0.717, 1.165) is 5.69 Å². The second-order valence-electron chi connectivity index (χ2n) is 4.97. The van der Waals surface area contributed by atoms with Crippen molar-refractivity contribution in [3.8, 4) is 0 Å². The zero-order valence-corrected chi connectivity index (χ0v) is 11.2. The highest BCUT2D eigenvalue weighted by Crippen LogP contribution is 2.16. The van der Waals surface area contributed by atoms with E-state index in [1.54, 1.807) is 19.1 Å². The predicted molar refractivity (Wildman–Crippen MR) is 71.8 cm³/mol. The molecular formula is C14H21NO3. The molecule has 0 aliphatic carbocycles. The Morgan fingerprint density at radius 3 is 2.44 bits per heavy atom. The van der Waals surface area contributed by atoms with Crippen molar-refractivity contribution in [3.63, 3.8) is 0 Å². The van der Waals surface area contributed by atoms with Gasteiger partial charge < -0.3 is 15.2 Å². The molecule has 100 valence electrons. The topological polar surface area (TPSA) is 58.6 Å². The highest BCUT2D eigenvalue weighted by Gasteiger charge is 2.15. The fourth-order valence-electron chi connectivity index (χ4n) is 1.34. The van der Waals surface area contributed by atoms with E-state index in [1.807, 2.05) is 26.0 Å². The van der Waals surface area contributed by atoms with Crippen LogP contribution in [0.3, 0.4) is 0 Å². The van der Waals surface area contributed by atoms with Gasteiger partial charge in [0.25, 0.3) is 0 Å². The van der Waals surface area contributed by atoms with Crippen LogP contribution in [-0.4, -0.2) is 30.8 Å². The van der Waals surface area contributed by atoms with Gasteiger partial charge in [-0.25, -0.2) is 4.79 Å². The zero-order valence-electron chi connectivity index (χ0n) is 11.2. The van der Waals surface area contributed by atoms with Crippen molar-refractivity contribution in [3.05, 3.63) is 29.8 Å². The average molecular weight is 251 g/mol. The summed E-state index contributed by atoms with van der Waals surface area (Å²) in [6.07, 6.45) is 0. The molecule has 0 radical (unpaired) electrons. The maximum absolute atomic E-state index is 11.4. The molecule has 1 aromatic rings. The Hall–Kier alpha value is -1.55. The number of carbonyl (C=O) groups is 1. The summed E-state index contributed by atoms with van der Waals surface area (Å²) in [5, 5.41) is 12.4. The monoisotopic (exact) mass is 251 g/mol. The van der Waals surface area contributed by atoms with E-state index in [-0.39, 0.29) is 18.0 Å². The van der Waals surface area contributed by atoms with Gasteiger partial charge in [0.15, 0.2) is 0 Å². The van der Waals surface area contributed by atoms with Crippen LogP contribution in [0.15, 0.2) is 24.3 Å². The fraction of sp³-hybridized carbons (Fsp3) is 0.500. The number of anilines is 1. The lowest BCUT2D eigenvalue weighted by molar-refractivity contribution is 0.0526. The largest absolute Gasteiger partial charge is 0.462 e. The van der Waals surface area contributed by atoms with Crippen LogP contribution in [-0.2, 0) is 4.74 Å². The first kappa shape index (κ1) is 14.5. The van der Waals surface area contributed by atoms with Gasteiger partial charge in [-0.3, -0.25) is 0 Å². The first-order chi connectivity index (χ1) is 8.48. The maximum Gasteiger partial charge on any atom is 0.338 e. The van der Waals surface area contributed by atoms with Crippen molar-refractivity contribution in [2.45, 2.75) is 20.8 Å². The van der Waals surface area contributed by atoms with Gasteiger partial charge in [-0.2, -0.15) is 0 Å². The normalized spacial score (nSPS) is 11.1. The third-order valence-corrected chi connectivity index (χ3v) is 2.60. The van der Waals surface area contributed by atoms with Crippen molar-refractivity contribution < 1.29 is 14.6 Å². The standard InChI is InChI=1S/C14H21NO3/c1-4-18-13(17)11-5-7-12(8-6-11)15-9-14(2,3)10-16/h5-8,15-16H,4,9-10H2,1-3H3. The molecule has 0 heterocycles. The summed E-state index contributed by atoms with van der Waals surface area (Å²) < 4.78 is 4.91. The van der Waals surface area contributed by atoms with Crippen LogP contribution in [0.5, 0.6) is 0 Å². The number of benzene rings is 1.